The van der Waals surface area contributed by atoms with E-state index in [4.69, 9.17) is 9.84 Å². The van der Waals surface area contributed by atoms with Crippen LogP contribution in [0.3, 0.4) is 0 Å². The van der Waals surface area contributed by atoms with Crippen LogP contribution in [0.25, 0.3) is 0 Å². The molecular formula is C10H13IO2. The van der Waals surface area contributed by atoms with Crippen LogP contribution < -0.4 is 4.74 Å². The van der Waals surface area contributed by atoms with Crippen LogP contribution in [0.4, 0.5) is 0 Å². The lowest BCUT2D eigenvalue weighted by Crippen LogP contribution is -1.96. The Balaban J connectivity index is 2.25. The molecule has 0 saturated heterocycles. The molecule has 0 amide bonds. The first-order valence-electron chi connectivity index (χ1n) is 4.31. The maximum atomic E-state index is 9.01. The van der Waals surface area contributed by atoms with Crippen molar-refractivity contribution < 1.29 is 9.84 Å². The first kappa shape index (κ1) is 10.6. The molecule has 0 bridgehead atoms. The first-order valence-corrected chi connectivity index (χ1v) is 5.83. The zero-order valence-electron chi connectivity index (χ0n) is 7.37. The van der Waals surface area contributed by atoms with Gasteiger partial charge in [0.15, 0.2) is 0 Å². The summed E-state index contributed by atoms with van der Waals surface area (Å²) in [4.78, 5) is 0. The molecule has 0 heterocycles. The van der Waals surface area contributed by atoms with Gasteiger partial charge in [0.2, 0.25) is 0 Å². The molecule has 2 nitrogen and oxygen atoms in total. The number of halogens is 1. The van der Waals surface area contributed by atoms with Crippen LogP contribution in [0, 0.1) is 0 Å². The third-order valence-corrected chi connectivity index (χ3v) is 2.40. The summed E-state index contributed by atoms with van der Waals surface area (Å²) < 4.78 is 6.63. The SMILES string of the molecule is Oc1ccc(OCCCCI)cc1. The summed E-state index contributed by atoms with van der Waals surface area (Å²) in [6.45, 7) is 0.758. The Hall–Kier alpha value is -0.450. The van der Waals surface area contributed by atoms with Crippen LogP contribution in [0.5, 0.6) is 11.5 Å². The second-order valence-corrected chi connectivity index (χ2v) is 3.82. The molecule has 1 rings (SSSR count). The van der Waals surface area contributed by atoms with Gasteiger partial charge >= 0.3 is 0 Å². The standard InChI is InChI=1S/C10H13IO2/c11-7-1-2-8-13-10-5-3-9(12)4-6-10/h3-6,12H,1-2,7-8H2. The van der Waals surface area contributed by atoms with Crippen LogP contribution >= 0.6 is 22.6 Å². The van der Waals surface area contributed by atoms with Gasteiger partial charge in [-0.25, -0.2) is 0 Å². The molecule has 0 aliphatic carbocycles. The molecule has 1 aromatic rings. The molecule has 0 saturated carbocycles. The summed E-state index contributed by atoms with van der Waals surface area (Å²) in [5, 5.41) is 9.01. The van der Waals surface area contributed by atoms with Gasteiger partial charge in [-0.3, -0.25) is 0 Å². The zero-order valence-corrected chi connectivity index (χ0v) is 9.53. The normalized spacial score (nSPS) is 9.92. The number of ether oxygens (including phenoxy) is 1. The fourth-order valence-corrected chi connectivity index (χ4v) is 1.47. The lowest BCUT2D eigenvalue weighted by Gasteiger charge is -2.04. The topological polar surface area (TPSA) is 29.5 Å². The fourth-order valence-electron chi connectivity index (χ4n) is 0.929. The predicted octanol–water partition coefficient (Wildman–Crippen LogP) is 2.99. The number of hydrogen-bond acceptors (Lipinski definition) is 2. The molecule has 1 aromatic carbocycles. The van der Waals surface area contributed by atoms with Gasteiger partial charge in [-0.1, -0.05) is 22.6 Å². The number of benzene rings is 1. The first-order chi connectivity index (χ1) is 6.33. The minimum absolute atomic E-state index is 0.277. The molecule has 0 aliphatic rings. The van der Waals surface area contributed by atoms with Gasteiger partial charge in [0.25, 0.3) is 0 Å². The average Bonchev–Trinajstić information content (AvgIpc) is 2.15. The summed E-state index contributed by atoms with van der Waals surface area (Å²) in [5.74, 6) is 1.10. The summed E-state index contributed by atoms with van der Waals surface area (Å²) in [5.41, 5.74) is 0. The second-order valence-electron chi connectivity index (χ2n) is 2.74. The van der Waals surface area contributed by atoms with E-state index in [1.165, 1.54) is 10.8 Å². The number of hydrogen-bond donors (Lipinski definition) is 1. The summed E-state index contributed by atoms with van der Waals surface area (Å²) >= 11 is 2.36. The molecule has 1 N–H and O–H groups in total. The molecular weight excluding hydrogens is 279 g/mol. The van der Waals surface area contributed by atoms with Crippen molar-refractivity contribution in [1.82, 2.24) is 0 Å². The van der Waals surface area contributed by atoms with Crippen LogP contribution in [-0.2, 0) is 0 Å². The van der Waals surface area contributed by atoms with Crippen molar-refractivity contribution in [3.05, 3.63) is 24.3 Å². The Kier molecular flexibility index (Phi) is 4.97. The van der Waals surface area contributed by atoms with Gasteiger partial charge in [0, 0.05) is 0 Å². The minimum Gasteiger partial charge on any atom is -0.508 e. The molecule has 0 atom stereocenters. The van der Waals surface area contributed by atoms with Crippen molar-refractivity contribution >= 4 is 22.6 Å². The van der Waals surface area contributed by atoms with Gasteiger partial charge in [-0.05, 0) is 41.5 Å². The van der Waals surface area contributed by atoms with Crippen molar-refractivity contribution in [3.63, 3.8) is 0 Å². The Morgan fingerprint density at radius 1 is 1.15 bits per heavy atom. The molecule has 0 fully saturated rings. The van der Waals surface area contributed by atoms with Crippen molar-refractivity contribution in [2.24, 2.45) is 0 Å². The van der Waals surface area contributed by atoms with Gasteiger partial charge < -0.3 is 9.84 Å². The van der Waals surface area contributed by atoms with Crippen LogP contribution in [0.15, 0.2) is 24.3 Å². The Labute approximate surface area is 92.1 Å². The lowest BCUT2D eigenvalue weighted by molar-refractivity contribution is 0.309. The van der Waals surface area contributed by atoms with E-state index in [1.807, 2.05) is 0 Å². The highest BCUT2D eigenvalue weighted by Gasteiger charge is 1.93. The maximum Gasteiger partial charge on any atom is 0.119 e. The van der Waals surface area contributed by atoms with E-state index in [9.17, 15) is 0 Å². The van der Waals surface area contributed by atoms with Crippen molar-refractivity contribution in [2.45, 2.75) is 12.8 Å². The molecule has 0 radical (unpaired) electrons. The smallest absolute Gasteiger partial charge is 0.119 e. The zero-order chi connectivity index (χ0) is 9.52. The van der Waals surface area contributed by atoms with Crippen LogP contribution in [0.1, 0.15) is 12.8 Å². The number of phenols is 1. The van der Waals surface area contributed by atoms with E-state index >= 15 is 0 Å². The van der Waals surface area contributed by atoms with Crippen molar-refractivity contribution in [3.8, 4) is 11.5 Å². The molecule has 0 aromatic heterocycles. The summed E-state index contributed by atoms with van der Waals surface area (Å²) in [6.07, 6.45) is 2.28. The molecule has 3 heteroatoms. The van der Waals surface area contributed by atoms with Gasteiger partial charge in [-0.15, -0.1) is 0 Å². The number of aromatic hydroxyl groups is 1. The number of unbranched alkanes of at least 4 members (excludes halogenated alkanes) is 1. The van der Waals surface area contributed by atoms with E-state index in [-0.39, 0.29) is 5.75 Å². The maximum absolute atomic E-state index is 9.01. The molecule has 0 spiro atoms. The number of rotatable bonds is 5. The monoisotopic (exact) mass is 292 g/mol. The van der Waals surface area contributed by atoms with E-state index < -0.39 is 0 Å². The predicted molar refractivity (Wildman–Crippen MR) is 61.7 cm³/mol. The third-order valence-electron chi connectivity index (χ3n) is 1.63. The van der Waals surface area contributed by atoms with Crippen molar-refractivity contribution in [2.75, 3.05) is 11.0 Å². The Morgan fingerprint density at radius 3 is 2.46 bits per heavy atom. The molecule has 0 aliphatic heterocycles. The quantitative estimate of drug-likeness (QED) is 0.513. The van der Waals surface area contributed by atoms with E-state index in [1.54, 1.807) is 24.3 Å². The molecule has 13 heavy (non-hydrogen) atoms. The highest BCUT2D eigenvalue weighted by molar-refractivity contribution is 14.1. The van der Waals surface area contributed by atoms with Gasteiger partial charge in [0.05, 0.1) is 6.61 Å². The van der Waals surface area contributed by atoms with Crippen molar-refractivity contribution in [1.29, 1.82) is 0 Å². The van der Waals surface area contributed by atoms with Gasteiger partial charge in [0.1, 0.15) is 11.5 Å². The van der Waals surface area contributed by atoms with Crippen LogP contribution in [-0.4, -0.2) is 16.1 Å². The highest BCUT2D eigenvalue weighted by atomic mass is 127. The third kappa shape index (κ3) is 4.36. The number of alkyl halides is 1. The average molecular weight is 292 g/mol. The molecule has 0 unspecified atom stereocenters. The van der Waals surface area contributed by atoms with Gasteiger partial charge in [-0.2, -0.15) is 0 Å². The minimum atomic E-state index is 0.277. The Bertz CT molecular complexity index is 233. The molecule has 72 valence electrons. The number of phenolic OH excluding ortho intramolecular Hbond substituents is 1. The Morgan fingerprint density at radius 2 is 1.85 bits per heavy atom. The highest BCUT2D eigenvalue weighted by Crippen LogP contribution is 2.16. The van der Waals surface area contributed by atoms with E-state index in [2.05, 4.69) is 22.6 Å². The fraction of sp³-hybridized carbons (Fsp3) is 0.400. The van der Waals surface area contributed by atoms with E-state index in [0.29, 0.717) is 0 Å². The van der Waals surface area contributed by atoms with E-state index in [0.717, 1.165) is 18.8 Å². The summed E-state index contributed by atoms with van der Waals surface area (Å²) in [7, 11) is 0. The lowest BCUT2D eigenvalue weighted by atomic mass is 10.3. The van der Waals surface area contributed by atoms with Crippen LogP contribution in [0.2, 0.25) is 0 Å². The largest absolute Gasteiger partial charge is 0.508 e. The second kappa shape index (κ2) is 6.07. The summed E-state index contributed by atoms with van der Waals surface area (Å²) in [6, 6.07) is 6.82.